The van der Waals surface area contributed by atoms with Gasteiger partial charge in [0.25, 0.3) is 0 Å². The average molecular weight is 1910 g/mol. The smallest absolute Gasteiger partial charge is 0.0963 e. The maximum atomic E-state index is 4.95. The maximum Gasteiger partial charge on any atom is 0.0963 e. The second kappa shape index (κ2) is 37.2. The van der Waals surface area contributed by atoms with Gasteiger partial charge in [0.2, 0.25) is 0 Å². The van der Waals surface area contributed by atoms with Crippen LogP contribution < -0.4 is 0 Å². The van der Waals surface area contributed by atoms with E-state index in [0.29, 0.717) is 0 Å². The number of fused-ring (bicyclic) bond motifs is 18. The zero-order valence-corrected chi connectivity index (χ0v) is 81.7. The highest BCUT2D eigenvalue weighted by molar-refractivity contribution is 6.20. The molecule has 702 valence electrons. The van der Waals surface area contributed by atoms with Crippen LogP contribution in [-0.4, -0.2) is 42.4 Å². The molecule has 0 unspecified atom stereocenters. The molecule has 0 fully saturated rings. The van der Waals surface area contributed by atoms with Crippen molar-refractivity contribution >= 4 is 131 Å². The fourth-order valence-corrected chi connectivity index (χ4v) is 23.1. The number of pyridine rings is 3. The zero-order valence-electron chi connectivity index (χ0n) is 81.7. The summed E-state index contributed by atoms with van der Waals surface area (Å²) in [5, 5.41) is 10.9. The van der Waals surface area contributed by atoms with E-state index in [4.69, 9.17) is 15.0 Å². The average Bonchev–Trinajstić information content (AvgIpc) is 1.57. The molecule has 21 aromatic carbocycles. The van der Waals surface area contributed by atoms with Gasteiger partial charge in [-0.2, -0.15) is 0 Å². The first-order chi connectivity index (χ1) is 74.4. The molecule has 0 aliphatic heterocycles. The third kappa shape index (κ3) is 15.3. The number of hydrogen-bond donors (Lipinski definition) is 0. The molecular formula is C141H93N9. The molecular weight excluding hydrogens is 1820 g/mol. The van der Waals surface area contributed by atoms with Gasteiger partial charge in [0.05, 0.1) is 82.8 Å². The molecule has 9 nitrogen and oxygen atoms in total. The molecule has 0 spiro atoms. The van der Waals surface area contributed by atoms with E-state index in [2.05, 4.69) is 555 Å². The zero-order chi connectivity index (χ0) is 99.1. The van der Waals surface area contributed by atoms with Crippen molar-refractivity contribution in [2.75, 3.05) is 0 Å². The van der Waals surface area contributed by atoms with E-state index in [0.717, 1.165) is 117 Å². The molecule has 0 N–H and O–H groups in total. The molecule has 0 bridgehead atoms. The lowest BCUT2D eigenvalue weighted by Crippen LogP contribution is -1.96. The van der Waals surface area contributed by atoms with Crippen molar-refractivity contribution in [3.05, 3.63) is 565 Å². The topological polar surface area (TPSA) is 68.2 Å². The summed E-state index contributed by atoms with van der Waals surface area (Å²) in [6.45, 7) is 0. The van der Waals surface area contributed by atoms with E-state index in [1.165, 1.54) is 149 Å². The van der Waals surface area contributed by atoms with Crippen molar-refractivity contribution in [2.24, 2.45) is 0 Å². The van der Waals surface area contributed by atoms with Gasteiger partial charge in [-0.1, -0.05) is 382 Å². The van der Waals surface area contributed by atoms with Gasteiger partial charge in [-0.25, -0.2) is 0 Å². The molecule has 150 heavy (non-hydrogen) atoms. The van der Waals surface area contributed by atoms with Crippen LogP contribution in [0.25, 0.3) is 265 Å². The van der Waals surface area contributed by atoms with E-state index >= 15 is 0 Å². The van der Waals surface area contributed by atoms with Crippen LogP contribution in [0.5, 0.6) is 0 Å². The first kappa shape index (κ1) is 87.6. The Hall–Kier alpha value is -20.1. The summed E-state index contributed by atoms with van der Waals surface area (Å²) < 4.78 is 14.3. The summed E-state index contributed by atoms with van der Waals surface area (Å²) in [5.41, 5.74) is 45.2. The fourth-order valence-electron chi connectivity index (χ4n) is 23.1. The number of rotatable bonds is 15. The molecule has 0 aliphatic carbocycles. The van der Waals surface area contributed by atoms with Crippen molar-refractivity contribution in [1.82, 2.24) is 42.4 Å². The second-order valence-corrected chi connectivity index (χ2v) is 38.5. The molecule has 0 saturated heterocycles. The van der Waals surface area contributed by atoms with Gasteiger partial charge < -0.3 is 27.4 Å². The van der Waals surface area contributed by atoms with Crippen LogP contribution in [0, 0.1) is 0 Å². The molecule has 30 aromatic rings. The third-order valence-electron chi connectivity index (χ3n) is 29.9. The minimum Gasteiger partial charge on any atom is -0.309 e. The summed E-state index contributed by atoms with van der Waals surface area (Å²) in [4.78, 5) is 14.8. The van der Waals surface area contributed by atoms with Gasteiger partial charge in [-0.05, 0) is 247 Å². The minimum atomic E-state index is 0.998. The lowest BCUT2D eigenvalue weighted by molar-refractivity contribution is 1.17. The number of hydrogen-bond acceptors (Lipinski definition) is 3. The number of nitrogens with zero attached hydrogens (tertiary/aromatic N) is 9. The minimum absolute atomic E-state index is 0.998. The predicted molar refractivity (Wildman–Crippen MR) is 628 cm³/mol. The van der Waals surface area contributed by atoms with Crippen molar-refractivity contribution in [3.63, 3.8) is 0 Å². The number of para-hydroxylation sites is 6. The van der Waals surface area contributed by atoms with Crippen LogP contribution >= 0.6 is 0 Å². The van der Waals surface area contributed by atoms with Gasteiger partial charge in [0, 0.05) is 118 Å². The van der Waals surface area contributed by atoms with Crippen molar-refractivity contribution < 1.29 is 0 Å². The van der Waals surface area contributed by atoms with E-state index in [1.807, 2.05) is 36.8 Å². The lowest BCUT2D eigenvalue weighted by atomic mass is 10.00. The Bertz CT molecular complexity index is 10400. The highest BCUT2D eigenvalue weighted by Crippen LogP contribution is 2.48. The normalized spacial score (nSPS) is 11.6. The fraction of sp³-hybridized carbons (Fsp3) is 0. The Morgan fingerprint density at radius 3 is 0.620 bits per heavy atom. The molecule has 9 heterocycles. The van der Waals surface area contributed by atoms with Gasteiger partial charge in [-0.3, -0.25) is 15.0 Å². The van der Waals surface area contributed by atoms with Gasteiger partial charge in [0.1, 0.15) is 0 Å². The molecule has 0 atom stereocenters. The van der Waals surface area contributed by atoms with Crippen LogP contribution in [0.4, 0.5) is 0 Å². The lowest BCUT2D eigenvalue weighted by Gasteiger charge is -2.14. The van der Waals surface area contributed by atoms with Crippen LogP contribution in [0.2, 0.25) is 0 Å². The van der Waals surface area contributed by atoms with Crippen LogP contribution in [-0.2, 0) is 0 Å². The quantitative estimate of drug-likeness (QED) is 0.103. The van der Waals surface area contributed by atoms with E-state index < -0.39 is 0 Å². The largest absolute Gasteiger partial charge is 0.309 e. The molecule has 9 aromatic heterocycles. The van der Waals surface area contributed by atoms with Crippen LogP contribution in [0.1, 0.15) is 0 Å². The SMILES string of the molecule is c1ccc(-c2ccc(-n3c4ccc(-c5cccc6c7ccccc7n(-c7ccc(-c8ccccc8)cc7)c56)cc4c4ncccc43)cc2)cc1.c1ccc(-c2ccc(-n3c4ccccc4c4cccc(-c5ccc6c(c5)c5ncccc5n6-c5cccc(-c6ccccc6)c5)c43)cc2)cc1.c1ccc(-c2cccc(-n3c4ccc(-c5cccc6c7ccccc7n(-c7cccc(-c8ccccc8)c7)c56)cc4c4ncccc43)c2)cc1. The Kier molecular flexibility index (Phi) is 21.8. The summed E-state index contributed by atoms with van der Waals surface area (Å²) in [7, 11) is 0. The van der Waals surface area contributed by atoms with E-state index in [1.54, 1.807) is 0 Å². The maximum absolute atomic E-state index is 4.95. The van der Waals surface area contributed by atoms with E-state index in [9.17, 15) is 0 Å². The highest BCUT2D eigenvalue weighted by Gasteiger charge is 2.26. The first-order valence-electron chi connectivity index (χ1n) is 51.2. The molecule has 0 saturated carbocycles. The number of aromatic nitrogens is 9. The molecule has 30 rings (SSSR count). The summed E-state index contributed by atoms with van der Waals surface area (Å²) >= 11 is 0. The van der Waals surface area contributed by atoms with Crippen LogP contribution in [0.3, 0.4) is 0 Å². The van der Waals surface area contributed by atoms with Crippen LogP contribution in [0.15, 0.2) is 565 Å². The highest BCUT2D eigenvalue weighted by atomic mass is 15.0. The predicted octanol–water partition coefficient (Wildman–Crippen LogP) is 36.8. The van der Waals surface area contributed by atoms with E-state index in [-0.39, 0.29) is 0 Å². The van der Waals surface area contributed by atoms with Gasteiger partial charge >= 0.3 is 0 Å². The van der Waals surface area contributed by atoms with Crippen molar-refractivity contribution in [2.45, 2.75) is 0 Å². The molecule has 0 aliphatic rings. The number of benzene rings is 21. The Morgan fingerprint density at radius 2 is 0.320 bits per heavy atom. The molecule has 0 amide bonds. The standard InChI is InChI=1S/3C47H31N3/c1-3-13-32(14-4-1)34-17-9-19-37(29-34)49-44-27-26-36(31-42(44)46-45(49)25-12-28-48-46)39-22-11-23-41-40-21-7-8-24-43(40)50(47(39)41)38-20-10-18-35(30-38)33-15-5-2-6-16-33;1-3-12-32(13-4-1)34-23-26-37(27-24-34)50-43-21-8-7-18-40(43)41-20-10-19-39(47(41)50)36-25-28-44-42(31-36)46-45(22-11-29-48-46)49(44)38-17-9-16-35(30-38)33-14-5-2-6-15-33;1-3-11-32(12-4-1)34-20-25-37(26-21-34)49-44-29-24-36(31-42(44)46-45(49)19-10-30-48-46)39-16-9-17-41-40-15-7-8-18-43(40)50(47(39)41)38-27-22-35(23-28-38)33-13-5-2-6-14-33/h3*1-31H. The molecule has 0 radical (unpaired) electrons. The Balaban J connectivity index is 0.000000108. The summed E-state index contributed by atoms with van der Waals surface area (Å²) in [5.74, 6) is 0. The Morgan fingerprint density at radius 1 is 0.113 bits per heavy atom. The summed E-state index contributed by atoms with van der Waals surface area (Å²) in [6.07, 6.45) is 5.70. The monoisotopic (exact) mass is 1910 g/mol. The van der Waals surface area contributed by atoms with Gasteiger partial charge in [0.15, 0.2) is 0 Å². The second-order valence-electron chi connectivity index (χ2n) is 38.5. The Labute approximate surface area is 866 Å². The van der Waals surface area contributed by atoms with Gasteiger partial charge in [-0.15, -0.1) is 0 Å². The summed E-state index contributed by atoms with van der Waals surface area (Å²) in [6, 6.07) is 196. The van der Waals surface area contributed by atoms with Crippen molar-refractivity contribution in [1.29, 1.82) is 0 Å². The first-order valence-corrected chi connectivity index (χ1v) is 51.2. The molecule has 9 heteroatoms. The third-order valence-corrected chi connectivity index (χ3v) is 29.9. The van der Waals surface area contributed by atoms with Crippen molar-refractivity contribution in [3.8, 4) is 134 Å².